The van der Waals surface area contributed by atoms with Gasteiger partial charge in [0.05, 0.1) is 11.6 Å². The van der Waals surface area contributed by atoms with Gasteiger partial charge >= 0.3 is 0 Å². The van der Waals surface area contributed by atoms with E-state index in [2.05, 4.69) is 388 Å². The Balaban J connectivity index is 0.000000111. The maximum Gasteiger partial charge on any atom is 0.135 e. The van der Waals surface area contributed by atoms with Crippen molar-refractivity contribution in [3.05, 3.63) is 464 Å². The number of hydrogen-bond donors (Lipinski definition) is 0. The highest BCUT2D eigenvalue weighted by molar-refractivity contribution is 6.11. The highest BCUT2D eigenvalue weighted by Gasteiger charge is 2.38. The Labute approximate surface area is 749 Å². The number of anilines is 9. The summed E-state index contributed by atoms with van der Waals surface area (Å²) in [6.45, 7) is 9.26. The van der Waals surface area contributed by atoms with Gasteiger partial charge in [-0.1, -0.05) is 276 Å². The summed E-state index contributed by atoms with van der Waals surface area (Å²) >= 11 is 0. The van der Waals surface area contributed by atoms with Gasteiger partial charge in [-0.3, -0.25) is 0 Å². The number of nitrogens with zero attached hydrogens (tertiary/aromatic N) is 4. The fourth-order valence-electron chi connectivity index (χ4n) is 20.2. The average Bonchev–Trinajstić information content (AvgIpc) is 1.73. The summed E-state index contributed by atoms with van der Waals surface area (Å²) in [5.41, 5.74) is 34.3. The Bertz CT molecular complexity index is 7890. The molecule has 0 spiro atoms. The van der Waals surface area contributed by atoms with Crippen molar-refractivity contribution in [2.24, 2.45) is 0 Å². The molecule has 0 bridgehead atoms. The molecule has 0 atom stereocenters. The zero-order valence-corrected chi connectivity index (χ0v) is 71.4. The minimum Gasteiger partial charge on any atom is -0.456 e. The third-order valence-electron chi connectivity index (χ3n) is 26.5. The Morgan fingerprint density at radius 1 is 0.225 bits per heavy atom. The lowest BCUT2D eigenvalue weighted by Crippen LogP contribution is -2.16. The summed E-state index contributed by atoms with van der Waals surface area (Å²) in [6, 6.07) is 152. The number of nitriles is 1. The number of hydrogen-bond acceptors (Lipinski definition) is 7. The molecule has 0 saturated heterocycles. The number of para-hydroxylation sites is 3. The van der Waals surface area contributed by atoms with E-state index in [0.717, 1.165) is 147 Å². The fourth-order valence-corrected chi connectivity index (χ4v) is 20.2. The molecule has 0 radical (unpaired) electrons. The maximum atomic E-state index is 14.1. The van der Waals surface area contributed by atoms with Crippen molar-refractivity contribution in [1.82, 2.24) is 0 Å². The van der Waals surface area contributed by atoms with Gasteiger partial charge in [-0.05, 0) is 293 Å². The summed E-state index contributed by atoms with van der Waals surface area (Å²) in [5.74, 6) is 5.11. The monoisotopic (exact) mass is 1660 g/mol. The molecular formula is C121H83FN4O3. The van der Waals surface area contributed by atoms with Gasteiger partial charge < -0.3 is 28.9 Å². The van der Waals surface area contributed by atoms with Crippen LogP contribution in [0.5, 0.6) is 34.5 Å². The van der Waals surface area contributed by atoms with E-state index in [-0.39, 0.29) is 16.6 Å². The van der Waals surface area contributed by atoms with Crippen molar-refractivity contribution in [2.75, 3.05) is 14.7 Å². The fraction of sp³-hybridized carbons (Fsp3) is 0.0496. The summed E-state index contributed by atoms with van der Waals surface area (Å²) < 4.78 is 33.3. The molecule has 129 heavy (non-hydrogen) atoms. The zero-order valence-electron chi connectivity index (χ0n) is 71.4. The molecule has 612 valence electrons. The van der Waals surface area contributed by atoms with E-state index in [1.807, 2.05) is 78.9 Å². The summed E-state index contributed by atoms with van der Waals surface area (Å²) in [7, 11) is 0. The quantitative estimate of drug-likeness (QED) is 0.121. The van der Waals surface area contributed by atoms with Crippen molar-refractivity contribution in [3.8, 4) is 130 Å². The highest BCUT2D eigenvalue weighted by Crippen LogP contribution is 2.56. The summed E-state index contributed by atoms with van der Waals surface area (Å²) in [5, 5.41) is 16.3. The third-order valence-corrected chi connectivity index (χ3v) is 26.5. The zero-order chi connectivity index (χ0) is 86.6. The number of benzene rings is 20. The van der Waals surface area contributed by atoms with Crippen molar-refractivity contribution in [2.45, 2.75) is 38.5 Å². The van der Waals surface area contributed by atoms with Crippen LogP contribution in [0.4, 0.5) is 55.6 Å². The second-order valence-corrected chi connectivity index (χ2v) is 34.6. The van der Waals surface area contributed by atoms with Gasteiger partial charge in [-0.2, -0.15) is 5.26 Å². The Morgan fingerprint density at radius 3 is 1.11 bits per heavy atom. The van der Waals surface area contributed by atoms with E-state index in [0.29, 0.717) is 5.56 Å². The first-order chi connectivity index (χ1) is 63.3. The van der Waals surface area contributed by atoms with Crippen LogP contribution in [-0.4, -0.2) is 0 Å². The molecular weight excluding hydrogens is 1580 g/mol. The molecule has 0 saturated carbocycles. The molecule has 20 aromatic rings. The predicted molar refractivity (Wildman–Crippen MR) is 529 cm³/mol. The van der Waals surface area contributed by atoms with Gasteiger partial charge in [-0.15, -0.1) is 0 Å². The van der Waals surface area contributed by atoms with Crippen LogP contribution in [-0.2, 0) is 10.8 Å². The first-order valence-electron chi connectivity index (χ1n) is 43.9. The van der Waals surface area contributed by atoms with Gasteiger partial charge in [0.2, 0.25) is 0 Å². The SMILES string of the molecule is CC1(C)c2ccccc2-c2cc(N(c3ccc(F)cc3)c3ccc(-c4ccc5c6c(cccc46)-c4ccccc4O5)cc3)ccc21.CC1(C)c2ccccc2-c2ccc(N(c3ccccc3)c3ccc(-c4ccc5c(c4)Oc4cccc6cccc-5c46)cc3)cc21.N#Cc1ccc(N(c2ccccc2)c2ccc(-c3ccc4c(c3)Oc3cccc5cccc-4c35)cc2)cc1. The topological polar surface area (TPSA) is 61.2 Å². The Kier molecular flexibility index (Phi) is 18.7. The van der Waals surface area contributed by atoms with Gasteiger partial charge in [0.1, 0.15) is 40.3 Å². The van der Waals surface area contributed by atoms with Crippen LogP contribution in [0.1, 0.15) is 55.5 Å². The van der Waals surface area contributed by atoms with Crippen molar-refractivity contribution in [1.29, 1.82) is 5.26 Å². The molecule has 5 aliphatic rings. The standard InChI is InChI=1S/C43H30FNO.C43H31NO.C35H22N2O/c1-43(2)38-12-5-3-8-33(38)37-26-31(22-24-39(37)43)45(30-20-16-28(44)17-21-30)29-18-14-27(15-19-29)32-23-25-41-42-35(32)10-7-11-36(42)34-9-4-6-13-40(34)46-41;1-43(2)38-16-7-6-14-34(38)35-25-23-33(27-39(35)43)44(31-12-4-3-5-13-31)32-21-18-28(19-22-32)30-20-24-36-37-15-8-10-29-11-9-17-40(42(29)37)45-41(36)26-30;36-23-24-12-17-29(18-13-24)37(28-8-2-1-3-9-28)30-19-14-25(15-20-30)27-16-21-31-32-10-4-6-26-7-5-11-33(35(26)32)38-34(31)22-27/h3-26H,1-2H3;3-27H,1-2H3;1-22H. The number of rotatable bonds is 12. The molecule has 0 amide bonds. The first-order valence-corrected chi connectivity index (χ1v) is 43.9. The van der Waals surface area contributed by atoms with Crippen LogP contribution in [0, 0.1) is 17.1 Å². The average molecular weight is 1660 g/mol. The van der Waals surface area contributed by atoms with Gasteiger partial charge in [0.25, 0.3) is 0 Å². The molecule has 0 N–H and O–H groups in total. The lowest BCUT2D eigenvalue weighted by Gasteiger charge is -2.28. The Morgan fingerprint density at radius 2 is 0.566 bits per heavy atom. The van der Waals surface area contributed by atoms with E-state index in [1.165, 1.54) is 94.9 Å². The number of ether oxygens (including phenoxy) is 3. The summed E-state index contributed by atoms with van der Waals surface area (Å²) in [6.07, 6.45) is 0. The van der Waals surface area contributed by atoms with Crippen molar-refractivity contribution < 1.29 is 18.6 Å². The molecule has 0 fully saturated rings. The number of fused-ring (bicyclic) bond motifs is 12. The molecule has 3 aliphatic heterocycles. The highest BCUT2D eigenvalue weighted by atomic mass is 19.1. The predicted octanol–water partition coefficient (Wildman–Crippen LogP) is 33.9. The smallest absolute Gasteiger partial charge is 0.135 e. The normalized spacial score (nSPS) is 12.8. The van der Waals surface area contributed by atoms with Crippen molar-refractivity contribution in [3.63, 3.8) is 0 Å². The molecule has 20 aromatic carbocycles. The third kappa shape index (κ3) is 13.4. The van der Waals surface area contributed by atoms with Crippen LogP contribution in [0.3, 0.4) is 0 Å². The minimum absolute atomic E-state index is 0.0608. The molecule has 7 nitrogen and oxygen atoms in total. The van der Waals surface area contributed by atoms with Crippen LogP contribution in [0.25, 0.3) is 121 Å². The Hall–Kier alpha value is -16.6. The van der Waals surface area contributed by atoms with Crippen LogP contribution in [0.2, 0.25) is 0 Å². The van der Waals surface area contributed by atoms with E-state index >= 15 is 0 Å². The molecule has 2 aliphatic carbocycles. The molecule has 0 aromatic heterocycles. The second kappa shape index (κ2) is 31.3. The summed E-state index contributed by atoms with van der Waals surface area (Å²) in [4.78, 5) is 6.76. The van der Waals surface area contributed by atoms with E-state index in [1.54, 1.807) is 0 Å². The van der Waals surface area contributed by atoms with Crippen molar-refractivity contribution >= 4 is 83.5 Å². The molecule has 3 heterocycles. The lowest BCUT2D eigenvalue weighted by molar-refractivity contribution is 0.487. The minimum atomic E-state index is -0.252. The van der Waals surface area contributed by atoms with E-state index in [9.17, 15) is 9.65 Å². The van der Waals surface area contributed by atoms with Gasteiger partial charge in [0.15, 0.2) is 0 Å². The largest absolute Gasteiger partial charge is 0.456 e. The van der Waals surface area contributed by atoms with Crippen LogP contribution < -0.4 is 28.9 Å². The van der Waals surface area contributed by atoms with E-state index in [4.69, 9.17) is 14.2 Å². The van der Waals surface area contributed by atoms with Gasteiger partial charge in [-0.25, -0.2) is 4.39 Å². The van der Waals surface area contributed by atoms with E-state index < -0.39 is 0 Å². The van der Waals surface area contributed by atoms with Gasteiger partial charge in [0, 0.05) is 94.9 Å². The van der Waals surface area contributed by atoms with Crippen LogP contribution >= 0.6 is 0 Å². The molecule has 25 rings (SSSR count). The van der Waals surface area contributed by atoms with Crippen LogP contribution in [0.15, 0.2) is 431 Å². The maximum absolute atomic E-state index is 14.1. The molecule has 0 unspecified atom stereocenters. The second-order valence-electron chi connectivity index (χ2n) is 34.6. The lowest BCUT2D eigenvalue weighted by atomic mass is 9.82. The molecule has 8 heteroatoms. The first kappa shape index (κ1) is 77.2. The number of halogens is 1.